The van der Waals surface area contributed by atoms with Crippen molar-refractivity contribution in [2.75, 3.05) is 38.3 Å². The van der Waals surface area contributed by atoms with Gasteiger partial charge in [0.05, 0.1) is 12.3 Å². The van der Waals surface area contributed by atoms with Gasteiger partial charge in [-0.2, -0.15) is 0 Å². The smallest absolute Gasteiger partial charge is 0.206 e. The minimum atomic E-state index is 0.633. The molecule has 0 bridgehead atoms. The van der Waals surface area contributed by atoms with Crippen LogP contribution in [-0.2, 0) is 17.7 Å². The van der Waals surface area contributed by atoms with Crippen molar-refractivity contribution >= 4 is 5.95 Å². The summed E-state index contributed by atoms with van der Waals surface area (Å²) < 4.78 is 7.48. The maximum atomic E-state index is 5.21. The number of aryl methyl sites for hydroxylation is 1. The molecule has 2 aliphatic rings. The largest absolute Gasteiger partial charge is 0.383 e. The SMILES string of the molecule is CCc1cn(CCOC)c(N2CC[C@H]3CNC[C@H]32)n1. The maximum absolute atomic E-state index is 5.21. The highest BCUT2D eigenvalue weighted by atomic mass is 16.5. The number of anilines is 1. The highest BCUT2D eigenvalue weighted by molar-refractivity contribution is 5.38. The van der Waals surface area contributed by atoms with Crippen molar-refractivity contribution < 1.29 is 4.74 Å². The molecule has 1 N–H and O–H groups in total. The van der Waals surface area contributed by atoms with Crippen molar-refractivity contribution in [1.29, 1.82) is 0 Å². The van der Waals surface area contributed by atoms with Crippen LogP contribution in [0.2, 0.25) is 0 Å². The average Bonchev–Trinajstić information content (AvgIpc) is 3.10. The van der Waals surface area contributed by atoms with Crippen LogP contribution < -0.4 is 10.2 Å². The number of hydrogen-bond acceptors (Lipinski definition) is 4. The number of nitrogens with one attached hydrogen (secondary N) is 1. The predicted molar refractivity (Wildman–Crippen MR) is 75.6 cm³/mol. The fraction of sp³-hybridized carbons (Fsp3) is 0.786. The van der Waals surface area contributed by atoms with Crippen molar-refractivity contribution in [3.05, 3.63) is 11.9 Å². The van der Waals surface area contributed by atoms with Gasteiger partial charge >= 0.3 is 0 Å². The normalized spacial score (nSPS) is 26.1. The molecular formula is C14H24N4O. The molecular weight excluding hydrogens is 240 g/mol. The first-order chi connectivity index (χ1) is 9.33. The fourth-order valence-corrected chi connectivity index (χ4v) is 3.31. The zero-order valence-electron chi connectivity index (χ0n) is 11.9. The van der Waals surface area contributed by atoms with E-state index in [9.17, 15) is 0 Å². The average molecular weight is 264 g/mol. The molecule has 19 heavy (non-hydrogen) atoms. The second-order valence-electron chi connectivity index (χ2n) is 5.54. The van der Waals surface area contributed by atoms with Crippen LogP contribution in [0.15, 0.2) is 6.20 Å². The number of ether oxygens (including phenoxy) is 1. The number of rotatable bonds is 5. The minimum Gasteiger partial charge on any atom is -0.383 e. The first-order valence-electron chi connectivity index (χ1n) is 7.35. The predicted octanol–water partition coefficient (Wildman–Crippen LogP) is 0.890. The van der Waals surface area contributed by atoms with Crippen LogP contribution in [0.4, 0.5) is 5.95 Å². The van der Waals surface area contributed by atoms with E-state index >= 15 is 0 Å². The topological polar surface area (TPSA) is 42.3 Å². The molecule has 5 nitrogen and oxygen atoms in total. The Kier molecular flexibility index (Phi) is 3.75. The van der Waals surface area contributed by atoms with E-state index in [2.05, 4.69) is 27.9 Å². The lowest BCUT2D eigenvalue weighted by molar-refractivity contribution is 0.187. The zero-order valence-corrected chi connectivity index (χ0v) is 11.9. The highest BCUT2D eigenvalue weighted by Crippen LogP contribution is 2.31. The molecule has 0 aromatic carbocycles. The third kappa shape index (κ3) is 2.37. The first-order valence-corrected chi connectivity index (χ1v) is 7.35. The molecule has 0 aliphatic carbocycles. The van der Waals surface area contributed by atoms with E-state index < -0.39 is 0 Å². The molecule has 1 aromatic heterocycles. The summed E-state index contributed by atoms with van der Waals surface area (Å²) in [5.74, 6) is 1.95. The third-order valence-corrected chi connectivity index (χ3v) is 4.41. The molecule has 3 rings (SSSR count). The summed E-state index contributed by atoms with van der Waals surface area (Å²) in [6.07, 6.45) is 4.47. The number of imidazole rings is 1. The summed E-state index contributed by atoms with van der Waals surface area (Å²) in [6, 6.07) is 0.633. The van der Waals surface area contributed by atoms with E-state index in [0.29, 0.717) is 6.04 Å². The van der Waals surface area contributed by atoms with E-state index in [1.54, 1.807) is 7.11 Å². The molecule has 0 amide bonds. The summed E-state index contributed by atoms with van der Waals surface area (Å²) >= 11 is 0. The highest BCUT2D eigenvalue weighted by Gasteiger charge is 2.39. The van der Waals surface area contributed by atoms with Crippen molar-refractivity contribution in [3.8, 4) is 0 Å². The Hall–Kier alpha value is -1.07. The molecule has 0 spiro atoms. The van der Waals surface area contributed by atoms with Crippen molar-refractivity contribution in [2.45, 2.75) is 32.4 Å². The maximum Gasteiger partial charge on any atom is 0.206 e. The van der Waals surface area contributed by atoms with E-state index in [1.165, 1.54) is 18.7 Å². The molecule has 5 heteroatoms. The Balaban J connectivity index is 1.83. The van der Waals surface area contributed by atoms with E-state index in [0.717, 1.165) is 44.5 Å². The van der Waals surface area contributed by atoms with Gasteiger partial charge in [0.1, 0.15) is 0 Å². The fourth-order valence-electron chi connectivity index (χ4n) is 3.31. The Labute approximate surface area is 114 Å². The number of fused-ring (bicyclic) bond motifs is 1. The second kappa shape index (κ2) is 5.51. The van der Waals surface area contributed by atoms with Gasteiger partial charge in [-0.25, -0.2) is 4.98 Å². The summed E-state index contributed by atoms with van der Waals surface area (Å²) in [6.45, 7) is 7.21. The summed E-state index contributed by atoms with van der Waals surface area (Å²) in [5, 5.41) is 3.50. The number of hydrogen-bond donors (Lipinski definition) is 1. The molecule has 0 unspecified atom stereocenters. The Morgan fingerprint density at radius 3 is 3.16 bits per heavy atom. The molecule has 2 fully saturated rings. The van der Waals surface area contributed by atoms with E-state index in [4.69, 9.17) is 9.72 Å². The van der Waals surface area contributed by atoms with Gasteiger partial charge in [-0.15, -0.1) is 0 Å². The van der Waals surface area contributed by atoms with Crippen LogP contribution in [0.3, 0.4) is 0 Å². The van der Waals surface area contributed by atoms with Gasteiger partial charge < -0.3 is 19.5 Å². The number of methoxy groups -OCH3 is 1. The molecule has 0 radical (unpaired) electrons. The van der Waals surface area contributed by atoms with Gasteiger partial charge in [0.2, 0.25) is 5.95 Å². The summed E-state index contributed by atoms with van der Waals surface area (Å²) in [4.78, 5) is 7.33. The van der Waals surface area contributed by atoms with Gasteiger partial charge in [-0.3, -0.25) is 0 Å². The molecule has 2 atom stereocenters. The van der Waals surface area contributed by atoms with Crippen molar-refractivity contribution in [2.24, 2.45) is 5.92 Å². The summed E-state index contributed by atoms with van der Waals surface area (Å²) in [5.41, 5.74) is 1.18. The Morgan fingerprint density at radius 1 is 1.47 bits per heavy atom. The van der Waals surface area contributed by atoms with Crippen LogP contribution in [0.1, 0.15) is 19.0 Å². The molecule has 3 heterocycles. The number of aromatic nitrogens is 2. The van der Waals surface area contributed by atoms with Gasteiger partial charge in [0.25, 0.3) is 0 Å². The monoisotopic (exact) mass is 264 g/mol. The van der Waals surface area contributed by atoms with E-state index in [-0.39, 0.29) is 0 Å². The van der Waals surface area contributed by atoms with Gasteiger partial charge in [-0.1, -0.05) is 6.92 Å². The molecule has 1 aromatic rings. The Bertz CT molecular complexity index is 431. The van der Waals surface area contributed by atoms with Gasteiger partial charge in [0.15, 0.2) is 0 Å². The minimum absolute atomic E-state index is 0.633. The second-order valence-corrected chi connectivity index (χ2v) is 5.54. The standard InChI is InChI=1S/C14H24N4O/c1-3-12-10-17(6-7-19-2)14(16-12)18-5-4-11-8-15-9-13(11)18/h10-11,13,15H,3-9H2,1-2H3/t11-,13+/m0/s1. The first kappa shape index (κ1) is 12.9. The van der Waals surface area contributed by atoms with Crippen LogP contribution >= 0.6 is 0 Å². The van der Waals surface area contributed by atoms with Crippen molar-refractivity contribution in [1.82, 2.24) is 14.9 Å². The lowest BCUT2D eigenvalue weighted by Crippen LogP contribution is -2.36. The molecule has 106 valence electrons. The van der Waals surface area contributed by atoms with Gasteiger partial charge in [0, 0.05) is 45.5 Å². The molecule has 0 saturated carbocycles. The lowest BCUT2D eigenvalue weighted by Gasteiger charge is -2.25. The quantitative estimate of drug-likeness (QED) is 0.857. The van der Waals surface area contributed by atoms with Crippen LogP contribution in [0.25, 0.3) is 0 Å². The van der Waals surface area contributed by atoms with E-state index in [1.807, 2.05) is 0 Å². The van der Waals surface area contributed by atoms with Crippen LogP contribution in [0, 0.1) is 5.92 Å². The third-order valence-electron chi connectivity index (χ3n) is 4.41. The lowest BCUT2D eigenvalue weighted by atomic mass is 10.1. The molecule has 2 aliphatic heterocycles. The number of nitrogens with zero attached hydrogens (tertiary/aromatic N) is 3. The van der Waals surface area contributed by atoms with Crippen molar-refractivity contribution in [3.63, 3.8) is 0 Å². The Morgan fingerprint density at radius 2 is 2.37 bits per heavy atom. The summed E-state index contributed by atoms with van der Waals surface area (Å²) in [7, 11) is 1.75. The van der Waals surface area contributed by atoms with Gasteiger partial charge in [-0.05, 0) is 18.8 Å². The van der Waals surface area contributed by atoms with Crippen LogP contribution in [0.5, 0.6) is 0 Å². The molecule has 2 saturated heterocycles. The zero-order chi connectivity index (χ0) is 13.2. The van der Waals surface area contributed by atoms with Crippen LogP contribution in [-0.4, -0.2) is 48.9 Å².